The molecule has 0 spiro atoms. The minimum atomic E-state index is -0.543. The normalized spacial score (nSPS) is 21.5. The quantitative estimate of drug-likeness (QED) is 0.645. The number of piperazine rings is 1. The lowest BCUT2D eigenvalue weighted by Crippen LogP contribution is -2.76. The van der Waals surface area contributed by atoms with Crippen LogP contribution in [-0.2, 0) is 16.1 Å². The third-order valence-corrected chi connectivity index (χ3v) is 6.23. The second-order valence-corrected chi connectivity index (χ2v) is 9.23. The summed E-state index contributed by atoms with van der Waals surface area (Å²) in [6, 6.07) is 6.68. The maximum Gasteiger partial charge on any atom is 0.334 e. The van der Waals surface area contributed by atoms with E-state index in [9.17, 15) is 14.4 Å². The van der Waals surface area contributed by atoms with E-state index in [0.29, 0.717) is 26.1 Å². The number of ether oxygens (including phenoxy) is 1. The molecule has 1 aromatic rings. The van der Waals surface area contributed by atoms with Crippen LogP contribution in [0.4, 0.5) is 4.79 Å². The first-order chi connectivity index (χ1) is 15.8. The fourth-order valence-corrected chi connectivity index (χ4v) is 4.53. The van der Waals surface area contributed by atoms with Gasteiger partial charge in [0.05, 0.1) is 20.2 Å². The van der Waals surface area contributed by atoms with Gasteiger partial charge >= 0.3 is 6.03 Å². The fourth-order valence-electron chi connectivity index (χ4n) is 4.53. The minimum Gasteiger partial charge on any atom is -0.497 e. The van der Waals surface area contributed by atoms with E-state index in [1.165, 1.54) is 0 Å². The monoisotopic (exact) mass is 459 g/mol. The van der Waals surface area contributed by atoms with Gasteiger partial charge in [-0.15, -0.1) is 0 Å². The zero-order valence-corrected chi connectivity index (χ0v) is 20.4. The number of hydrogen-bond acceptors (Lipinski definition) is 5. The molecule has 0 radical (unpaired) electrons. The molecule has 2 fully saturated rings. The molecule has 3 rings (SSSR count). The molecule has 0 bridgehead atoms. The first kappa shape index (κ1) is 24.8. The lowest BCUT2D eigenvalue weighted by molar-refractivity contribution is -0.188. The molecule has 1 N–H and O–H groups in total. The second kappa shape index (κ2) is 10.9. The van der Waals surface area contributed by atoms with Crippen molar-refractivity contribution in [3.8, 4) is 5.75 Å². The molecule has 0 aliphatic carbocycles. The highest BCUT2D eigenvalue weighted by atomic mass is 16.5. The predicted molar refractivity (Wildman–Crippen MR) is 125 cm³/mol. The number of benzene rings is 1. The summed E-state index contributed by atoms with van der Waals surface area (Å²) in [5, 5.41) is 6.23. The molecule has 33 heavy (non-hydrogen) atoms. The summed E-state index contributed by atoms with van der Waals surface area (Å²) in [7, 11) is 3.35. The van der Waals surface area contributed by atoms with Gasteiger partial charge in [0, 0.05) is 20.1 Å². The average molecular weight is 460 g/mol. The largest absolute Gasteiger partial charge is 0.497 e. The van der Waals surface area contributed by atoms with Gasteiger partial charge in [0.1, 0.15) is 18.0 Å². The van der Waals surface area contributed by atoms with Crippen LogP contribution in [0.1, 0.15) is 45.6 Å². The van der Waals surface area contributed by atoms with E-state index < -0.39 is 12.2 Å². The van der Waals surface area contributed by atoms with Crippen LogP contribution in [0.25, 0.3) is 0 Å². The SMILES string of the molecule is CCCCN1C[C@H]2N(C(=O)CN(C)N2C(=O)NCc2ccc(OC)cc2)[C@@H](CC(C)C)C1=O. The van der Waals surface area contributed by atoms with Gasteiger partial charge in [-0.05, 0) is 36.5 Å². The third-order valence-electron chi connectivity index (χ3n) is 6.23. The number of methoxy groups -OCH3 is 1. The summed E-state index contributed by atoms with van der Waals surface area (Å²) >= 11 is 0. The molecule has 1 aromatic carbocycles. The van der Waals surface area contributed by atoms with E-state index in [-0.39, 0.29) is 30.3 Å². The van der Waals surface area contributed by atoms with Gasteiger partial charge in [-0.1, -0.05) is 39.3 Å². The number of carbonyl (C=O) groups excluding carboxylic acids is 3. The van der Waals surface area contributed by atoms with Crippen molar-refractivity contribution in [1.82, 2.24) is 25.1 Å². The number of hydrazine groups is 1. The molecule has 9 nitrogen and oxygen atoms in total. The first-order valence-corrected chi connectivity index (χ1v) is 11.8. The van der Waals surface area contributed by atoms with Gasteiger partial charge in [0.2, 0.25) is 11.8 Å². The molecular weight excluding hydrogens is 422 g/mol. The molecule has 2 heterocycles. The van der Waals surface area contributed by atoms with Crippen molar-refractivity contribution in [2.45, 2.75) is 58.8 Å². The Kier molecular flexibility index (Phi) is 8.18. The lowest BCUT2D eigenvalue weighted by atomic mass is 9.97. The smallest absolute Gasteiger partial charge is 0.334 e. The van der Waals surface area contributed by atoms with Crippen LogP contribution >= 0.6 is 0 Å². The van der Waals surface area contributed by atoms with Gasteiger partial charge in [-0.2, -0.15) is 0 Å². The maximum absolute atomic E-state index is 13.3. The third kappa shape index (κ3) is 5.58. The van der Waals surface area contributed by atoms with Crippen molar-refractivity contribution in [3.63, 3.8) is 0 Å². The van der Waals surface area contributed by atoms with Crippen molar-refractivity contribution in [2.75, 3.05) is 33.8 Å². The number of rotatable bonds is 8. The van der Waals surface area contributed by atoms with Crippen LogP contribution in [0.3, 0.4) is 0 Å². The summed E-state index contributed by atoms with van der Waals surface area (Å²) in [5.41, 5.74) is 0.942. The topological polar surface area (TPSA) is 85.4 Å². The predicted octanol–water partition coefficient (Wildman–Crippen LogP) is 2.28. The number of carbonyl (C=O) groups is 3. The van der Waals surface area contributed by atoms with E-state index in [4.69, 9.17) is 4.74 Å². The molecule has 4 amide bonds. The van der Waals surface area contributed by atoms with Crippen LogP contribution in [0.15, 0.2) is 24.3 Å². The standard InChI is InChI=1S/C24H37N5O4/c1-6-7-12-27-15-21-28(20(23(27)31)13-17(2)3)22(30)16-26(4)29(21)24(32)25-14-18-8-10-19(33-5)11-9-18/h8-11,17,20-21H,6-7,12-16H2,1-5H3,(H,25,32)/t20-,21-/m0/s1. The molecule has 2 aliphatic rings. The Hall–Kier alpha value is -2.81. The molecule has 0 saturated carbocycles. The highest BCUT2D eigenvalue weighted by Crippen LogP contribution is 2.29. The van der Waals surface area contributed by atoms with E-state index in [2.05, 4.69) is 12.2 Å². The molecule has 182 valence electrons. The fraction of sp³-hybridized carbons (Fsp3) is 0.625. The number of likely N-dealkylation sites (N-methyl/N-ethyl adjacent to an activating group) is 1. The number of fused-ring (bicyclic) bond motifs is 1. The highest BCUT2D eigenvalue weighted by Gasteiger charge is 2.50. The van der Waals surface area contributed by atoms with Crippen molar-refractivity contribution < 1.29 is 19.1 Å². The summed E-state index contributed by atoms with van der Waals surface area (Å²) in [6.07, 6.45) is 1.91. The Labute approximate surface area is 196 Å². The Morgan fingerprint density at radius 3 is 2.52 bits per heavy atom. The van der Waals surface area contributed by atoms with Crippen LogP contribution in [-0.4, -0.2) is 83.7 Å². The van der Waals surface area contributed by atoms with E-state index in [1.54, 1.807) is 29.1 Å². The van der Waals surface area contributed by atoms with Crippen LogP contribution in [0.2, 0.25) is 0 Å². The van der Waals surface area contributed by atoms with Crippen LogP contribution in [0, 0.1) is 5.92 Å². The Bertz CT molecular complexity index is 844. The van der Waals surface area contributed by atoms with Gasteiger partial charge in [-0.25, -0.2) is 14.8 Å². The van der Waals surface area contributed by atoms with E-state index in [1.807, 2.05) is 43.0 Å². The summed E-state index contributed by atoms with van der Waals surface area (Å²) in [6.45, 7) is 7.54. The zero-order chi connectivity index (χ0) is 24.1. The van der Waals surface area contributed by atoms with Crippen molar-refractivity contribution >= 4 is 17.8 Å². The van der Waals surface area contributed by atoms with Crippen LogP contribution < -0.4 is 10.1 Å². The number of urea groups is 1. The Morgan fingerprint density at radius 1 is 1.21 bits per heavy atom. The zero-order valence-electron chi connectivity index (χ0n) is 20.4. The lowest BCUT2D eigenvalue weighted by Gasteiger charge is -2.54. The maximum atomic E-state index is 13.3. The number of amides is 4. The van der Waals surface area contributed by atoms with Crippen molar-refractivity contribution in [3.05, 3.63) is 29.8 Å². The number of nitrogens with one attached hydrogen (secondary N) is 1. The van der Waals surface area contributed by atoms with Crippen LogP contribution in [0.5, 0.6) is 5.75 Å². The molecule has 2 saturated heterocycles. The number of hydrogen-bond donors (Lipinski definition) is 1. The van der Waals surface area contributed by atoms with Gasteiger partial charge < -0.3 is 19.9 Å². The molecule has 0 unspecified atom stereocenters. The summed E-state index contributed by atoms with van der Waals surface area (Å²) < 4.78 is 5.19. The highest BCUT2D eigenvalue weighted by molar-refractivity contribution is 5.91. The first-order valence-electron chi connectivity index (χ1n) is 11.8. The average Bonchev–Trinajstić information content (AvgIpc) is 2.78. The molecule has 9 heteroatoms. The van der Waals surface area contributed by atoms with Gasteiger partial charge in [0.25, 0.3) is 0 Å². The summed E-state index contributed by atoms with van der Waals surface area (Å²) in [5.74, 6) is 0.876. The van der Waals surface area contributed by atoms with Gasteiger partial charge in [0.15, 0.2) is 0 Å². The molecule has 0 aromatic heterocycles. The molecular formula is C24H37N5O4. The van der Waals surface area contributed by atoms with Crippen molar-refractivity contribution in [1.29, 1.82) is 0 Å². The van der Waals surface area contributed by atoms with E-state index >= 15 is 0 Å². The summed E-state index contributed by atoms with van der Waals surface area (Å²) in [4.78, 5) is 43.1. The second-order valence-electron chi connectivity index (χ2n) is 9.23. The molecule has 2 atom stereocenters. The van der Waals surface area contributed by atoms with E-state index in [0.717, 1.165) is 24.2 Å². The van der Waals surface area contributed by atoms with Crippen molar-refractivity contribution in [2.24, 2.45) is 5.92 Å². The minimum absolute atomic E-state index is 0.00936. The Morgan fingerprint density at radius 2 is 1.91 bits per heavy atom. The van der Waals surface area contributed by atoms with Gasteiger partial charge in [-0.3, -0.25) is 9.59 Å². The Balaban J connectivity index is 1.81. The number of unbranched alkanes of at least 4 members (excludes halogenated alkanes) is 1. The molecule has 2 aliphatic heterocycles. The number of nitrogens with zero attached hydrogens (tertiary/aromatic N) is 4.